The summed E-state index contributed by atoms with van der Waals surface area (Å²) in [6.07, 6.45) is 1.02. The average Bonchev–Trinajstić information content (AvgIpc) is 2.71. The van der Waals surface area contributed by atoms with Crippen LogP contribution in [0.25, 0.3) is 0 Å². The molecule has 0 aliphatic carbocycles. The molecule has 3 rings (SSSR count). The molecule has 1 aliphatic heterocycles. The Kier molecular flexibility index (Phi) is 6.90. The standard InChI is InChI=1S/C23H29ClN2O3S/c1-15-13-17(3)22(14-16(15)2)18(4)25-23(27)19-9-11-26(12-10-19)30(28,29)21-7-5-20(24)6-8-21/h5-8,13-14,18-19H,9-12H2,1-4H3,(H,25,27). The molecule has 2 aromatic carbocycles. The molecule has 1 atom stereocenters. The molecule has 1 aliphatic rings. The molecule has 5 nitrogen and oxygen atoms in total. The van der Waals surface area contributed by atoms with E-state index in [2.05, 4.69) is 38.2 Å². The monoisotopic (exact) mass is 448 g/mol. The van der Waals surface area contributed by atoms with Crippen molar-refractivity contribution in [1.82, 2.24) is 9.62 Å². The Morgan fingerprint density at radius 2 is 1.60 bits per heavy atom. The van der Waals surface area contributed by atoms with Gasteiger partial charge in [-0.15, -0.1) is 0 Å². The highest BCUT2D eigenvalue weighted by molar-refractivity contribution is 7.89. The van der Waals surface area contributed by atoms with E-state index >= 15 is 0 Å². The molecule has 1 unspecified atom stereocenters. The fourth-order valence-corrected chi connectivity index (χ4v) is 5.57. The first-order valence-electron chi connectivity index (χ1n) is 10.2. The number of hydrogen-bond acceptors (Lipinski definition) is 3. The highest BCUT2D eigenvalue weighted by Crippen LogP contribution is 2.26. The third kappa shape index (κ3) is 4.88. The summed E-state index contributed by atoms with van der Waals surface area (Å²) in [5.74, 6) is -0.195. The number of halogens is 1. The lowest BCUT2D eigenvalue weighted by Crippen LogP contribution is -2.43. The summed E-state index contributed by atoms with van der Waals surface area (Å²) >= 11 is 5.86. The van der Waals surface area contributed by atoms with Crippen LogP contribution in [-0.4, -0.2) is 31.7 Å². The predicted molar refractivity (Wildman–Crippen MR) is 120 cm³/mol. The van der Waals surface area contributed by atoms with Crippen molar-refractivity contribution < 1.29 is 13.2 Å². The van der Waals surface area contributed by atoms with Crippen LogP contribution >= 0.6 is 11.6 Å². The van der Waals surface area contributed by atoms with Crippen LogP contribution in [0.4, 0.5) is 0 Å². The van der Waals surface area contributed by atoms with E-state index in [1.165, 1.54) is 27.6 Å². The molecule has 1 fully saturated rings. The van der Waals surface area contributed by atoms with Gasteiger partial charge in [-0.05, 0) is 87.1 Å². The molecule has 162 valence electrons. The number of aryl methyl sites for hydroxylation is 3. The molecule has 1 saturated heterocycles. The van der Waals surface area contributed by atoms with E-state index in [9.17, 15) is 13.2 Å². The Bertz CT molecular complexity index is 1030. The molecule has 0 spiro atoms. The molecule has 2 aromatic rings. The van der Waals surface area contributed by atoms with Gasteiger partial charge in [0.25, 0.3) is 0 Å². The maximum absolute atomic E-state index is 12.8. The lowest BCUT2D eigenvalue weighted by atomic mass is 9.94. The summed E-state index contributed by atoms with van der Waals surface area (Å²) in [5, 5.41) is 3.62. The van der Waals surface area contributed by atoms with Crippen molar-refractivity contribution in [2.75, 3.05) is 13.1 Å². The van der Waals surface area contributed by atoms with Gasteiger partial charge in [-0.3, -0.25) is 4.79 Å². The Labute approximate surface area is 184 Å². The Hall–Kier alpha value is -1.89. The molecule has 0 radical (unpaired) electrons. The summed E-state index contributed by atoms with van der Waals surface area (Å²) in [6, 6.07) is 10.4. The van der Waals surface area contributed by atoms with Crippen LogP contribution in [0.3, 0.4) is 0 Å². The lowest BCUT2D eigenvalue weighted by molar-refractivity contribution is -0.126. The van der Waals surface area contributed by atoms with E-state index < -0.39 is 10.0 Å². The van der Waals surface area contributed by atoms with Crippen LogP contribution < -0.4 is 5.32 Å². The summed E-state index contributed by atoms with van der Waals surface area (Å²) in [5.41, 5.74) is 4.73. The van der Waals surface area contributed by atoms with E-state index in [4.69, 9.17) is 11.6 Å². The van der Waals surface area contributed by atoms with Crippen molar-refractivity contribution >= 4 is 27.5 Å². The number of piperidine rings is 1. The van der Waals surface area contributed by atoms with Gasteiger partial charge in [0, 0.05) is 24.0 Å². The Balaban J connectivity index is 1.61. The Morgan fingerprint density at radius 1 is 1.03 bits per heavy atom. The number of rotatable bonds is 5. The number of amides is 1. The topological polar surface area (TPSA) is 66.5 Å². The van der Waals surface area contributed by atoms with Crippen molar-refractivity contribution in [1.29, 1.82) is 0 Å². The number of nitrogens with zero attached hydrogens (tertiary/aromatic N) is 1. The Morgan fingerprint density at radius 3 is 2.20 bits per heavy atom. The molecule has 0 saturated carbocycles. The normalized spacial score (nSPS) is 17.0. The van der Waals surface area contributed by atoms with Gasteiger partial charge in [0.1, 0.15) is 0 Å². The van der Waals surface area contributed by atoms with Crippen LogP contribution in [0.5, 0.6) is 0 Å². The summed E-state index contributed by atoms with van der Waals surface area (Å²) < 4.78 is 27.1. The second-order valence-electron chi connectivity index (χ2n) is 8.16. The number of carbonyl (C=O) groups is 1. The van der Waals surface area contributed by atoms with E-state index in [1.807, 2.05) is 6.92 Å². The van der Waals surface area contributed by atoms with E-state index in [-0.39, 0.29) is 22.8 Å². The van der Waals surface area contributed by atoms with E-state index in [0.717, 1.165) is 11.1 Å². The number of nitrogens with one attached hydrogen (secondary N) is 1. The highest BCUT2D eigenvalue weighted by atomic mass is 35.5. The third-order valence-electron chi connectivity index (χ3n) is 5.98. The van der Waals surface area contributed by atoms with E-state index in [1.54, 1.807) is 12.1 Å². The van der Waals surface area contributed by atoms with Crippen LogP contribution in [-0.2, 0) is 14.8 Å². The van der Waals surface area contributed by atoms with Gasteiger partial charge in [-0.2, -0.15) is 4.31 Å². The van der Waals surface area contributed by atoms with Crippen LogP contribution in [0, 0.1) is 26.7 Å². The SMILES string of the molecule is Cc1cc(C)c(C(C)NC(=O)C2CCN(S(=O)(=O)c3ccc(Cl)cc3)CC2)cc1C. The minimum atomic E-state index is -3.57. The van der Waals surface area contributed by atoms with Crippen molar-refractivity contribution in [3.8, 4) is 0 Å². The van der Waals surface area contributed by atoms with Gasteiger partial charge in [-0.25, -0.2) is 8.42 Å². The van der Waals surface area contributed by atoms with Gasteiger partial charge in [0.2, 0.25) is 15.9 Å². The second kappa shape index (κ2) is 9.08. The summed E-state index contributed by atoms with van der Waals surface area (Å²) in [4.78, 5) is 13.0. The molecule has 1 amide bonds. The fraction of sp³-hybridized carbons (Fsp3) is 0.435. The molecule has 0 bridgehead atoms. The third-order valence-corrected chi connectivity index (χ3v) is 8.15. The first kappa shape index (κ1) is 22.8. The van der Waals surface area contributed by atoms with Crippen molar-refractivity contribution in [2.45, 2.75) is 51.5 Å². The average molecular weight is 449 g/mol. The van der Waals surface area contributed by atoms with Crippen molar-refractivity contribution in [3.63, 3.8) is 0 Å². The molecule has 0 aromatic heterocycles. The van der Waals surface area contributed by atoms with E-state index in [0.29, 0.717) is 31.0 Å². The van der Waals surface area contributed by atoms with Crippen LogP contribution in [0.1, 0.15) is 48.1 Å². The lowest BCUT2D eigenvalue weighted by Gasteiger charge is -2.31. The zero-order valence-corrected chi connectivity index (χ0v) is 19.5. The highest BCUT2D eigenvalue weighted by Gasteiger charge is 2.32. The van der Waals surface area contributed by atoms with Crippen LogP contribution in [0.2, 0.25) is 5.02 Å². The van der Waals surface area contributed by atoms with Crippen LogP contribution in [0.15, 0.2) is 41.3 Å². The van der Waals surface area contributed by atoms with Gasteiger partial charge in [0.05, 0.1) is 10.9 Å². The first-order valence-corrected chi connectivity index (χ1v) is 12.0. The van der Waals surface area contributed by atoms with Gasteiger partial charge in [0.15, 0.2) is 0 Å². The minimum Gasteiger partial charge on any atom is -0.349 e. The summed E-state index contributed by atoms with van der Waals surface area (Å²) in [7, 11) is -3.57. The number of sulfonamides is 1. The predicted octanol–water partition coefficient (Wildman–Crippen LogP) is 4.54. The quantitative estimate of drug-likeness (QED) is 0.729. The maximum atomic E-state index is 12.8. The molecule has 7 heteroatoms. The van der Waals surface area contributed by atoms with Gasteiger partial charge >= 0.3 is 0 Å². The number of benzene rings is 2. The molecule has 1 heterocycles. The second-order valence-corrected chi connectivity index (χ2v) is 10.5. The molecule has 1 N–H and O–H groups in total. The largest absolute Gasteiger partial charge is 0.349 e. The zero-order chi connectivity index (χ0) is 22.1. The molecular formula is C23H29ClN2O3S. The smallest absolute Gasteiger partial charge is 0.243 e. The maximum Gasteiger partial charge on any atom is 0.243 e. The van der Waals surface area contributed by atoms with Crippen molar-refractivity contribution in [2.24, 2.45) is 5.92 Å². The van der Waals surface area contributed by atoms with Gasteiger partial charge in [-0.1, -0.05) is 23.7 Å². The zero-order valence-electron chi connectivity index (χ0n) is 17.9. The molecule has 30 heavy (non-hydrogen) atoms. The fourth-order valence-electron chi connectivity index (χ4n) is 3.97. The minimum absolute atomic E-state index is 0.0105. The van der Waals surface area contributed by atoms with Gasteiger partial charge < -0.3 is 5.32 Å². The van der Waals surface area contributed by atoms with Crippen molar-refractivity contribution in [3.05, 3.63) is 63.7 Å². The molecular weight excluding hydrogens is 420 g/mol. The summed E-state index contributed by atoms with van der Waals surface area (Å²) in [6.45, 7) is 8.88. The first-order chi connectivity index (χ1) is 14.1. The number of hydrogen-bond donors (Lipinski definition) is 1. The number of carbonyl (C=O) groups excluding carboxylic acids is 1.